The minimum atomic E-state index is -0.326. The number of nitrogens with one attached hydrogen (secondary N) is 2. The fourth-order valence-corrected chi connectivity index (χ4v) is 28.8. The maximum Gasteiger partial charge on any atom is 0.331 e. The molecule has 96 heavy (non-hydrogen) atoms. The van der Waals surface area contributed by atoms with E-state index >= 15 is 0 Å². The Morgan fingerprint density at radius 3 is 1.38 bits per heavy atom. The van der Waals surface area contributed by atoms with E-state index in [9.17, 15) is 28.8 Å². The maximum absolute atomic E-state index is 12.5. The second-order valence-corrected chi connectivity index (χ2v) is 39.0. The average Bonchev–Trinajstić information content (AvgIpc) is 1.58. The molecule has 14 aliphatic heterocycles. The highest BCUT2D eigenvalue weighted by molar-refractivity contribution is 8.01. The summed E-state index contributed by atoms with van der Waals surface area (Å²) in [6.45, 7) is 14.6. The van der Waals surface area contributed by atoms with Gasteiger partial charge in [-0.05, 0) is 167 Å². The lowest BCUT2D eigenvalue weighted by Crippen LogP contribution is -2.48. The molecule has 0 aromatic rings. The highest BCUT2D eigenvalue weighted by Gasteiger charge is 2.68. The van der Waals surface area contributed by atoms with E-state index in [-0.39, 0.29) is 64.4 Å². The second kappa shape index (κ2) is 28.5. The molecule has 4 spiro atoms. The molecular weight excluding hydrogens is 1310 g/mol. The van der Waals surface area contributed by atoms with Crippen molar-refractivity contribution < 1.29 is 47.7 Å². The number of hydrogen-bond donors (Lipinski definition) is 3. The van der Waals surface area contributed by atoms with Crippen LogP contribution in [0.5, 0.6) is 0 Å². The number of unbranched alkanes of at least 4 members (excludes halogenated alkanes) is 1. The standard InChI is InChI=1S/C26H37N3O4S2.C17H25NO2S.C16H23NO2S.C15H22N2O2S/c30-17(6-1-2-8-20-24-18(15-35-20)27-25(32)28-24)7-5-11-34-21-12-16-13-23(31)33-26(16)14-19(21)29-10-4-3-9-22(26)29;1-11(2)10-21-14-7-12-8-16(19)20-17(12)9-13(14)18-6-4-3-5-15(17)18;1-10(2)20-13-7-11-8-15(18)19-16(11)9-12(13)17-6-4-3-5-14(16)17;16-4-6-20-12-7-10-8-14(18)19-15(10)9-11(12)17-5-2-1-3-13(15)17/h13,18-22,24H,1-12,14-15H2,(H2,27,28,32);8,11,13-15H,3-7,9-10H2,1-2H3;8,10,12-14H,3-7,9H2,1-2H3;8,11-13H,1-7,9,16H2/t18-,19-,20-,21-,22+,24-,26-;13-,14?,15+,17-;12-,13?,14+,16-;11-,12?,13+,15-/m0000/s1. The lowest BCUT2D eigenvalue weighted by atomic mass is 9.77. The fourth-order valence-electron chi connectivity index (χ4n) is 21.8. The van der Waals surface area contributed by atoms with Crippen molar-refractivity contribution in [2.45, 2.75) is 309 Å². The van der Waals surface area contributed by atoms with Gasteiger partial charge in [0.05, 0.1) is 36.3 Å². The summed E-state index contributed by atoms with van der Waals surface area (Å²) in [5.41, 5.74) is 9.71. The number of nitrogens with zero attached hydrogens (tertiary/aromatic N) is 4. The molecule has 4 aliphatic carbocycles. The Kier molecular flexibility index (Phi) is 20.5. The first kappa shape index (κ1) is 69.1. The monoisotopic (exact) mass is 1410 g/mol. The SMILES string of the molecule is CC(C)CSC1CC2=CC(=O)O[C@@]23C[C@@H]1N1CCCC[C@@H]13.CC(C)SC1CC2=CC(=O)O[C@@]23C[C@@H]1N1CCCC[C@@H]13.NCCSC1CC2=CC(=O)O[C@@]23C[C@@H]1N1CCCC[C@@H]13.O=C(CCCC[C@@H]1SC[C@@H]2NC(=O)N[C@@H]21)CCCS[C@H]1CC2=CC(=O)O[C@@]23C[C@@H]1N1CCCC[C@@H]13. The summed E-state index contributed by atoms with van der Waals surface area (Å²) in [5, 5.41) is 9.51. The first-order valence-corrected chi connectivity index (χ1v) is 42.8. The number of amides is 2. The van der Waals surface area contributed by atoms with Crippen LogP contribution in [-0.2, 0) is 42.9 Å². The van der Waals surface area contributed by atoms with Gasteiger partial charge in [0.15, 0.2) is 22.4 Å². The van der Waals surface area contributed by atoms with Gasteiger partial charge in [-0.2, -0.15) is 58.8 Å². The van der Waals surface area contributed by atoms with Crippen LogP contribution in [-0.4, -0.2) is 225 Å². The van der Waals surface area contributed by atoms with Gasteiger partial charge in [-0.3, -0.25) is 24.4 Å². The predicted molar refractivity (Wildman–Crippen MR) is 384 cm³/mol. The number of fused-ring (bicyclic) bond motifs is 13. The molecule has 18 aliphatic rings. The first-order chi connectivity index (χ1) is 46.5. The van der Waals surface area contributed by atoms with Crippen molar-refractivity contribution in [1.82, 2.24) is 30.2 Å². The van der Waals surface area contributed by atoms with Gasteiger partial charge in [0.25, 0.3) is 0 Å². The smallest absolute Gasteiger partial charge is 0.331 e. The molecule has 4 saturated carbocycles. The van der Waals surface area contributed by atoms with E-state index in [0.29, 0.717) is 98.5 Å². The van der Waals surface area contributed by atoms with Crippen LogP contribution in [0.1, 0.15) is 195 Å². The summed E-state index contributed by atoms with van der Waals surface area (Å²) < 4.78 is 23.6. The summed E-state index contributed by atoms with van der Waals surface area (Å²) in [4.78, 5) is 82.5. The van der Waals surface area contributed by atoms with Gasteiger partial charge in [-0.15, -0.1) is 0 Å². The molecule has 18 rings (SSSR count). The lowest BCUT2D eigenvalue weighted by molar-refractivity contribution is -0.149. The number of rotatable bonds is 18. The van der Waals surface area contributed by atoms with Gasteiger partial charge in [0, 0.05) is 131 Å². The van der Waals surface area contributed by atoms with Crippen molar-refractivity contribution in [3.8, 4) is 0 Å². The number of hydrogen-bond acceptors (Lipinski definition) is 20. The van der Waals surface area contributed by atoms with Gasteiger partial charge >= 0.3 is 29.9 Å². The van der Waals surface area contributed by atoms with Gasteiger partial charge in [0.1, 0.15) is 5.78 Å². The molecule has 17 nitrogen and oxygen atoms in total. The lowest BCUT2D eigenvalue weighted by Gasteiger charge is -2.38. The van der Waals surface area contributed by atoms with Crippen LogP contribution in [0.4, 0.5) is 4.79 Å². The van der Waals surface area contributed by atoms with Gasteiger partial charge in [0.2, 0.25) is 0 Å². The van der Waals surface area contributed by atoms with Crippen LogP contribution < -0.4 is 16.4 Å². The van der Waals surface area contributed by atoms with E-state index in [0.717, 1.165) is 120 Å². The van der Waals surface area contributed by atoms with Crippen LogP contribution in [0.3, 0.4) is 0 Å². The van der Waals surface area contributed by atoms with Crippen molar-refractivity contribution in [2.24, 2.45) is 11.7 Å². The minimum Gasteiger partial charge on any atom is -0.450 e. The van der Waals surface area contributed by atoms with E-state index < -0.39 is 0 Å². The van der Waals surface area contributed by atoms with Crippen LogP contribution >= 0.6 is 58.8 Å². The molecule has 19 atom stereocenters. The molecule has 3 unspecified atom stereocenters. The van der Waals surface area contributed by atoms with Crippen LogP contribution in [0.15, 0.2) is 46.6 Å². The zero-order valence-corrected chi connectivity index (χ0v) is 61.4. The topological polar surface area (TPSA) is 202 Å². The Labute approximate surface area is 591 Å². The quantitative estimate of drug-likeness (QED) is 0.0506. The number of nitrogens with two attached hydrogens (primary N) is 1. The van der Waals surface area contributed by atoms with E-state index in [1.807, 2.05) is 47.4 Å². The summed E-state index contributed by atoms with van der Waals surface area (Å²) in [7, 11) is 0. The Balaban J connectivity index is 0.000000109. The Morgan fingerprint density at radius 2 is 0.948 bits per heavy atom. The summed E-state index contributed by atoms with van der Waals surface area (Å²) in [6.07, 6.45) is 35.6. The highest BCUT2D eigenvalue weighted by atomic mass is 32.2. The Hall–Kier alpha value is -2.67. The third-order valence-corrected chi connectivity index (χ3v) is 33.0. The van der Waals surface area contributed by atoms with Crippen molar-refractivity contribution in [2.75, 3.05) is 55.7 Å². The predicted octanol–water partition coefficient (Wildman–Crippen LogP) is 10.5. The van der Waals surface area contributed by atoms with Crippen LogP contribution in [0.25, 0.3) is 0 Å². The first-order valence-electron chi connectivity index (χ1n) is 37.7. The average molecular weight is 1420 g/mol. The molecule has 22 heteroatoms. The number of Topliss-reactive ketones (excluding diaryl/α,β-unsaturated/α-hetero) is 1. The molecule has 0 aromatic carbocycles. The number of ether oxygens (including phenoxy) is 4. The van der Waals surface area contributed by atoms with Crippen molar-refractivity contribution in [3.05, 3.63) is 46.6 Å². The molecule has 0 radical (unpaired) electrons. The van der Waals surface area contributed by atoms with Crippen molar-refractivity contribution in [3.63, 3.8) is 0 Å². The minimum absolute atomic E-state index is 0.0311. The van der Waals surface area contributed by atoms with E-state index in [1.165, 1.54) is 118 Å². The molecular formula is C74H107N7O10S5. The third-order valence-electron chi connectivity index (χ3n) is 25.6. The maximum atomic E-state index is 12.5. The molecule has 14 fully saturated rings. The Bertz CT molecular complexity index is 3130. The summed E-state index contributed by atoms with van der Waals surface area (Å²) >= 11 is 10.1. The number of piperidine rings is 4. The van der Waals surface area contributed by atoms with Crippen molar-refractivity contribution >= 4 is 94.5 Å². The molecule has 528 valence electrons. The zero-order valence-electron chi connectivity index (χ0n) is 57.4. The number of esters is 4. The van der Waals surface area contributed by atoms with Crippen LogP contribution in [0, 0.1) is 5.92 Å². The van der Waals surface area contributed by atoms with Crippen LogP contribution in [0.2, 0.25) is 0 Å². The Morgan fingerprint density at radius 1 is 0.542 bits per heavy atom. The number of thioether (sulfide) groups is 5. The molecule has 0 aromatic heterocycles. The van der Waals surface area contributed by atoms with Gasteiger partial charge in [-0.1, -0.05) is 59.8 Å². The number of urea groups is 1. The largest absolute Gasteiger partial charge is 0.450 e. The summed E-state index contributed by atoms with van der Waals surface area (Å²) in [6, 6.07) is 4.51. The fraction of sp³-hybridized carbons (Fsp3) is 0.811. The van der Waals surface area contributed by atoms with Crippen molar-refractivity contribution in [1.29, 1.82) is 0 Å². The molecule has 4 N–H and O–H groups in total. The van der Waals surface area contributed by atoms with Gasteiger partial charge in [-0.25, -0.2) is 24.0 Å². The molecule has 14 heterocycles. The number of ketones is 1. The molecule has 8 bridgehead atoms. The second-order valence-electron chi connectivity index (χ2n) is 31.9. The van der Waals surface area contributed by atoms with E-state index in [4.69, 9.17) is 24.7 Å². The third kappa shape index (κ3) is 12.8. The van der Waals surface area contributed by atoms with Gasteiger partial charge < -0.3 is 35.3 Å². The normalized spacial score (nSPS) is 41.4. The molecule has 2 amide bonds. The number of carbonyl (C=O) groups excluding carboxylic acids is 6. The summed E-state index contributed by atoms with van der Waals surface area (Å²) in [5.74, 6) is 4.90. The number of carbonyl (C=O) groups is 6. The highest BCUT2D eigenvalue weighted by Crippen LogP contribution is 2.61. The zero-order chi connectivity index (χ0) is 66.3. The van der Waals surface area contributed by atoms with E-state index in [2.05, 4.69) is 81.5 Å². The van der Waals surface area contributed by atoms with E-state index in [1.54, 1.807) is 12.2 Å². The molecule has 10 saturated heterocycles.